The second kappa shape index (κ2) is 7.17. The molecule has 0 aliphatic carbocycles. The number of fused-ring (bicyclic) bond motifs is 1. The van der Waals surface area contributed by atoms with Crippen LogP contribution in [0.3, 0.4) is 0 Å². The molecule has 0 heterocycles. The van der Waals surface area contributed by atoms with Gasteiger partial charge in [-0.25, -0.2) is 13.1 Å². The van der Waals surface area contributed by atoms with E-state index in [0.29, 0.717) is 17.2 Å². The third kappa shape index (κ3) is 4.13. The van der Waals surface area contributed by atoms with Crippen molar-refractivity contribution in [2.24, 2.45) is 0 Å². The van der Waals surface area contributed by atoms with Crippen LogP contribution in [0, 0.1) is 0 Å². The van der Waals surface area contributed by atoms with E-state index in [1.165, 1.54) is 0 Å². The molecule has 5 heteroatoms. The van der Waals surface area contributed by atoms with Gasteiger partial charge in [-0.1, -0.05) is 48.5 Å². The third-order valence-electron chi connectivity index (χ3n) is 3.44. The molecule has 3 nitrogen and oxygen atoms in total. The zero-order valence-corrected chi connectivity index (χ0v) is 14.1. The van der Waals surface area contributed by atoms with E-state index in [2.05, 4.69) is 4.72 Å². The molecule has 0 fully saturated rings. The lowest BCUT2D eigenvalue weighted by Gasteiger charge is -2.08. The van der Waals surface area contributed by atoms with E-state index in [4.69, 9.17) is 0 Å². The van der Waals surface area contributed by atoms with Crippen LogP contribution in [-0.4, -0.2) is 20.7 Å². The topological polar surface area (TPSA) is 46.2 Å². The largest absolute Gasteiger partial charge is 0.240 e. The quantitative estimate of drug-likeness (QED) is 0.545. The highest BCUT2D eigenvalue weighted by Gasteiger charge is 2.13. The van der Waals surface area contributed by atoms with Crippen LogP contribution in [0.4, 0.5) is 0 Å². The fourth-order valence-electron chi connectivity index (χ4n) is 2.28. The average Bonchev–Trinajstić information content (AvgIpc) is 2.59. The minimum atomic E-state index is -3.47. The monoisotopic (exact) mass is 343 g/mol. The summed E-state index contributed by atoms with van der Waals surface area (Å²) in [6.07, 6.45) is 0. The van der Waals surface area contributed by atoms with Gasteiger partial charge in [0.15, 0.2) is 0 Å². The molecule has 3 aromatic carbocycles. The molecule has 0 unspecified atom stereocenters. The summed E-state index contributed by atoms with van der Waals surface area (Å²) in [7, 11) is -3.47. The Labute approximate surface area is 140 Å². The SMILES string of the molecule is O=S(=O)(NCCSc1ccccc1)c1ccc2ccccc2c1. The predicted molar refractivity (Wildman–Crippen MR) is 96.3 cm³/mol. The maximum atomic E-state index is 12.4. The van der Waals surface area contributed by atoms with Crippen LogP contribution >= 0.6 is 11.8 Å². The standard InChI is InChI=1S/C18H17NO2S2/c20-23(21,19-12-13-22-17-8-2-1-3-9-17)18-11-10-15-6-4-5-7-16(15)14-18/h1-11,14,19H,12-13H2. The molecule has 1 N–H and O–H groups in total. The van der Waals surface area contributed by atoms with Crippen LogP contribution in [0.5, 0.6) is 0 Å². The summed E-state index contributed by atoms with van der Waals surface area (Å²) < 4.78 is 27.4. The molecule has 0 spiro atoms. The van der Waals surface area contributed by atoms with Crippen molar-refractivity contribution in [2.75, 3.05) is 12.3 Å². The number of hydrogen-bond donors (Lipinski definition) is 1. The summed E-state index contributed by atoms with van der Waals surface area (Å²) in [5.74, 6) is 0.691. The summed E-state index contributed by atoms with van der Waals surface area (Å²) in [5, 5.41) is 1.96. The molecule has 0 amide bonds. The van der Waals surface area contributed by atoms with Gasteiger partial charge in [0.2, 0.25) is 10.0 Å². The Bertz CT molecular complexity index is 893. The Kier molecular flexibility index (Phi) is 5.00. The van der Waals surface area contributed by atoms with Gasteiger partial charge in [0.25, 0.3) is 0 Å². The van der Waals surface area contributed by atoms with Crippen LogP contribution < -0.4 is 4.72 Å². The van der Waals surface area contributed by atoms with Gasteiger partial charge >= 0.3 is 0 Å². The van der Waals surface area contributed by atoms with E-state index in [-0.39, 0.29) is 0 Å². The minimum Gasteiger partial charge on any atom is -0.210 e. The summed E-state index contributed by atoms with van der Waals surface area (Å²) in [6.45, 7) is 0.398. The van der Waals surface area contributed by atoms with Crippen LogP contribution in [0.2, 0.25) is 0 Å². The lowest BCUT2D eigenvalue weighted by atomic mass is 10.1. The second-order valence-electron chi connectivity index (χ2n) is 5.07. The maximum absolute atomic E-state index is 12.4. The molecule has 0 radical (unpaired) electrons. The molecule has 23 heavy (non-hydrogen) atoms. The summed E-state index contributed by atoms with van der Waals surface area (Å²) in [6, 6.07) is 22.9. The Morgan fingerprint density at radius 1 is 0.826 bits per heavy atom. The lowest BCUT2D eigenvalue weighted by Crippen LogP contribution is -2.26. The van der Waals surface area contributed by atoms with Crippen molar-refractivity contribution in [3.8, 4) is 0 Å². The zero-order valence-electron chi connectivity index (χ0n) is 12.5. The molecule has 0 aliphatic heterocycles. The highest BCUT2D eigenvalue weighted by atomic mass is 32.2. The van der Waals surface area contributed by atoms with Gasteiger partial charge in [-0.15, -0.1) is 11.8 Å². The Morgan fingerprint density at radius 2 is 1.52 bits per heavy atom. The predicted octanol–water partition coefficient (Wildman–Crippen LogP) is 3.91. The Morgan fingerprint density at radius 3 is 2.30 bits per heavy atom. The van der Waals surface area contributed by atoms with Gasteiger partial charge < -0.3 is 0 Å². The molecule has 0 aliphatic rings. The Balaban J connectivity index is 1.63. The van der Waals surface area contributed by atoms with Gasteiger partial charge in [0, 0.05) is 17.2 Å². The fraction of sp³-hybridized carbons (Fsp3) is 0.111. The average molecular weight is 343 g/mol. The number of benzene rings is 3. The minimum absolute atomic E-state index is 0.306. The van der Waals surface area contributed by atoms with E-state index in [0.717, 1.165) is 15.7 Å². The van der Waals surface area contributed by atoms with E-state index in [9.17, 15) is 8.42 Å². The molecule has 0 saturated heterocycles. The first-order valence-electron chi connectivity index (χ1n) is 7.31. The number of sulfonamides is 1. The molecular formula is C18H17NO2S2. The molecular weight excluding hydrogens is 326 g/mol. The first kappa shape index (κ1) is 16.1. The summed E-state index contributed by atoms with van der Waals surface area (Å²) >= 11 is 1.63. The molecule has 0 saturated carbocycles. The molecule has 3 aromatic rings. The molecule has 0 atom stereocenters. The summed E-state index contributed by atoms with van der Waals surface area (Å²) in [4.78, 5) is 1.44. The van der Waals surface area contributed by atoms with Crippen LogP contribution in [0.15, 0.2) is 82.6 Å². The first-order valence-corrected chi connectivity index (χ1v) is 9.78. The van der Waals surface area contributed by atoms with Gasteiger partial charge in [-0.2, -0.15) is 0 Å². The van der Waals surface area contributed by atoms with Crippen LogP contribution in [-0.2, 0) is 10.0 Å². The molecule has 0 aromatic heterocycles. The lowest BCUT2D eigenvalue weighted by molar-refractivity contribution is 0.584. The van der Waals surface area contributed by atoms with E-state index in [1.54, 1.807) is 23.9 Å². The first-order chi connectivity index (χ1) is 11.1. The summed E-state index contributed by atoms with van der Waals surface area (Å²) in [5.41, 5.74) is 0. The fourth-order valence-corrected chi connectivity index (χ4v) is 4.26. The van der Waals surface area contributed by atoms with Crippen molar-refractivity contribution in [3.63, 3.8) is 0 Å². The third-order valence-corrected chi connectivity index (χ3v) is 5.91. The van der Waals surface area contributed by atoms with Gasteiger partial charge in [0.05, 0.1) is 4.90 Å². The second-order valence-corrected chi connectivity index (χ2v) is 8.00. The van der Waals surface area contributed by atoms with Crippen molar-refractivity contribution < 1.29 is 8.42 Å². The number of rotatable bonds is 6. The van der Waals surface area contributed by atoms with Gasteiger partial charge in [-0.05, 0) is 35.0 Å². The zero-order chi connectivity index (χ0) is 16.1. The number of thioether (sulfide) groups is 1. The van der Waals surface area contributed by atoms with Crippen molar-refractivity contribution >= 4 is 32.6 Å². The smallest absolute Gasteiger partial charge is 0.210 e. The van der Waals surface area contributed by atoms with Gasteiger partial charge in [-0.3, -0.25) is 0 Å². The molecule has 0 bridgehead atoms. The van der Waals surface area contributed by atoms with Crippen molar-refractivity contribution in [2.45, 2.75) is 9.79 Å². The molecule has 118 valence electrons. The van der Waals surface area contributed by atoms with E-state index < -0.39 is 10.0 Å². The maximum Gasteiger partial charge on any atom is 0.240 e. The Hall–Kier alpha value is -1.82. The van der Waals surface area contributed by atoms with Crippen molar-refractivity contribution in [1.29, 1.82) is 0 Å². The van der Waals surface area contributed by atoms with E-state index >= 15 is 0 Å². The van der Waals surface area contributed by atoms with Gasteiger partial charge in [0.1, 0.15) is 0 Å². The van der Waals surface area contributed by atoms with Crippen LogP contribution in [0.1, 0.15) is 0 Å². The molecule has 3 rings (SSSR count). The highest BCUT2D eigenvalue weighted by molar-refractivity contribution is 7.99. The highest BCUT2D eigenvalue weighted by Crippen LogP contribution is 2.19. The van der Waals surface area contributed by atoms with Crippen molar-refractivity contribution in [1.82, 2.24) is 4.72 Å². The number of nitrogens with one attached hydrogen (secondary N) is 1. The normalized spacial score (nSPS) is 11.7. The van der Waals surface area contributed by atoms with Crippen LogP contribution in [0.25, 0.3) is 10.8 Å². The van der Waals surface area contributed by atoms with E-state index in [1.807, 2.05) is 60.7 Å². The number of hydrogen-bond acceptors (Lipinski definition) is 3. The van der Waals surface area contributed by atoms with Crippen molar-refractivity contribution in [3.05, 3.63) is 72.8 Å².